The monoisotopic (exact) mass is 379 g/mol. The minimum Gasteiger partial charge on any atom is -0.333 e. The van der Waals surface area contributed by atoms with E-state index < -0.39 is 4.92 Å². The first kappa shape index (κ1) is 19.9. The van der Waals surface area contributed by atoms with Gasteiger partial charge in [0.25, 0.3) is 11.6 Å². The summed E-state index contributed by atoms with van der Waals surface area (Å²) in [5.41, 5.74) is 7.06. The molecule has 0 radical (unpaired) electrons. The number of rotatable bonds is 4. The van der Waals surface area contributed by atoms with E-state index in [2.05, 4.69) is 5.10 Å². The Balaban J connectivity index is 0.00000243. The van der Waals surface area contributed by atoms with Gasteiger partial charge in [0.05, 0.1) is 10.6 Å². The predicted molar refractivity (Wildman–Crippen MR) is 99.8 cm³/mol. The molecule has 1 fully saturated rings. The minimum absolute atomic E-state index is 0. The second-order valence-corrected chi connectivity index (χ2v) is 6.34. The van der Waals surface area contributed by atoms with Crippen LogP contribution in [0.15, 0.2) is 36.5 Å². The third-order valence-electron chi connectivity index (χ3n) is 4.55. The second-order valence-electron chi connectivity index (χ2n) is 6.34. The number of benzene rings is 1. The summed E-state index contributed by atoms with van der Waals surface area (Å²) >= 11 is 0. The van der Waals surface area contributed by atoms with Gasteiger partial charge >= 0.3 is 0 Å². The fraction of sp³-hybridized carbons (Fsp3) is 0.412. The molecule has 0 bridgehead atoms. The lowest BCUT2D eigenvalue weighted by atomic mass is 9.96. The molecule has 2 atom stereocenters. The largest absolute Gasteiger partial charge is 0.333 e. The van der Waals surface area contributed by atoms with Gasteiger partial charge in [-0.05, 0) is 44.4 Å². The standard InChI is InChI=1S/C17H21N5O3.ClH/c1-12(18)16-4-2-3-10-20(16)17(23)15-9-11-21(19-15)13-5-7-14(8-6-13)22(24)25;/h5-9,11-12,16H,2-4,10,18H2,1H3;1H. The molecule has 0 saturated carbocycles. The number of nitro groups is 1. The van der Waals surface area contributed by atoms with Crippen molar-refractivity contribution in [2.45, 2.75) is 38.3 Å². The van der Waals surface area contributed by atoms with Crippen molar-refractivity contribution < 1.29 is 9.72 Å². The molecule has 140 valence electrons. The molecule has 2 aromatic rings. The highest BCUT2D eigenvalue weighted by atomic mass is 35.5. The van der Waals surface area contributed by atoms with Crippen LogP contribution in [-0.2, 0) is 0 Å². The first-order valence-corrected chi connectivity index (χ1v) is 8.34. The summed E-state index contributed by atoms with van der Waals surface area (Å²) < 4.78 is 1.54. The maximum atomic E-state index is 12.8. The quantitative estimate of drug-likeness (QED) is 0.648. The van der Waals surface area contributed by atoms with Crippen LogP contribution in [0.2, 0.25) is 0 Å². The summed E-state index contributed by atoms with van der Waals surface area (Å²) in [6, 6.07) is 7.64. The van der Waals surface area contributed by atoms with Crippen molar-refractivity contribution in [3.63, 3.8) is 0 Å². The van der Waals surface area contributed by atoms with Crippen LogP contribution in [-0.4, -0.2) is 44.1 Å². The number of hydrogen-bond acceptors (Lipinski definition) is 5. The maximum absolute atomic E-state index is 12.8. The lowest BCUT2D eigenvalue weighted by molar-refractivity contribution is -0.384. The van der Waals surface area contributed by atoms with Gasteiger partial charge in [-0.3, -0.25) is 14.9 Å². The smallest absolute Gasteiger partial charge is 0.274 e. The van der Waals surface area contributed by atoms with Crippen LogP contribution in [0.3, 0.4) is 0 Å². The topological polar surface area (TPSA) is 107 Å². The number of nitrogens with zero attached hydrogens (tertiary/aromatic N) is 4. The molecule has 26 heavy (non-hydrogen) atoms. The molecule has 2 heterocycles. The van der Waals surface area contributed by atoms with Crippen LogP contribution in [0.25, 0.3) is 5.69 Å². The molecule has 1 saturated heterocycles. The number of likely N-dealkylation sites (tertiary alicyclic amines) is 1. The van der Waals surface area contributed by atoms with E-state index in [0.717, 1.165) is 19.3 Å². The fourth-order valence-electron chi connectivity index (χ4n) is 3.21. The SMILES string of the molecule is CC(N)C1CCCCN1C(=O)c1ccn(-c2ccc([N+](=O)[O-])cc2)n1.Cl. The Morgan fingerprint density at radius 1 is 1.31 bits per heavy atom. The highest BCUT2D eigenvalue weighted by Gasteiger charge is 2.30. The highest BCUT2D eigenvalue weighted by Crippen LogP contribution is 2.21. The Hall–Kier alpha value is -2.45. The van der Waals surface area contributed by atoms with Gasteiger partial charge < -0.3 is 10.6 Å². The predicted octanol–water partition coefficient (Wildman–Crippen LogP) is 2.54. The molecule has 2 unspecified atom stereocenters. The average Bonchev–Trinajstić information content (AvgIpc) is 3.11. The Morgan fingerprint density at radius 3 is 2.62 bits per heavy atom. The number of amides is 1. The van der Waals surface area contributed by atoms with Crippen molar-refractivity contribution in [1.29, 1.82) is 0 Å². The first-order chi connectivity index (χ1) is 12.0. The van der Waals surface area contributed by atoms with E-state index in [1.807, 2.05) is 11.8 Å². The van der Waals surface area contributed by atoms with Crippen molar-refractivity contribution >= 4 is 24.0 Å². The molecular formula is C17H22ClN5O3. The zero-order chi connectivity index (χ0) is 18.0. The molecule has 0 spiro atoms. The summed E-state index contributed by atoms with van der Waals surface area (Å²) in [6.45, 7) is 2.61. The lowest BCUT2D eigenvalue weighted by Crippen LogP contribution is -2.51. The molecule has 0 aliphatic carbocycles. The third-order valence-corrected chi connectivity index (χ3v) is 4.55. The van der Waals surface area contributed by atoms with E-state index in [4.69, 9.17) is 5.73 Å². The number of carbonyl (C=O) groups is 1. The second kappa shape index (κ2) is 8.29. The van der Waals surface area contributed by atoms with Crippen LogP contribution < -0.4 is 5.73 Å². The van der Waals surface area contributed by atoms with Crippen LogP contribution in [0.5, 0.6) is 0 Å². The molecule has 8 nitrogen and oxygen atoms in total. The van der Waals surface area contributed by atoms with Gasteiger partial charge in [0, 0.05) is 37.0 Å². The van der Waals surface area contributed by atoms with Gasteiger partial charge in [-0.25, -0.2) is 4.68 Å². The fourth-order valence-corrected chi connectivity index (χ4v) is 3.21. The van der Waals surface area contributed by atoms with E-state index in [0.29, 0.717) is 17.9 Å². The van der Waals surface area contributed by atoms with Crippen molar-refractivity contribution in [2.24, 2.45) is 5.73 Å². The Kier molecular flexibility index (Phi) is 6.33. The number of non-ortho nitro benzene ring substituents is 1. The number of carbonyl (C=O) groups excluding carboxylic acids is 1. The summed E-state index contributed by atoms with van der Waals surface area (Å²) in [5, 5.41) is 15.1. The number of nitro benzene ring substituents is 1. The van der Waals surface area contributed by atoms with Crippen molar-refractivity contribution in [1.82, 2.24) is 14.7 Å². The first-order valence-electron chi connectivity index (χ1n) is 8.34. The average molecular weight is 380 g/mol. The number of aromatic nitrogens is 2. The molecular weight excluding hydrogens is 358 g/mol. The minimum atomic E-state index is -0.452. The zero-order valence-electron chi connectivity index (χ0n) is 14.4. The summed E-state index contributed by atoms with van der Waals surface area (Å²) in [6.07, 6.45) is 4.64. The highest BCUT2D eigenvalue weighted by molar-refractivity contribution is 5.92. The Labute approximate surface area is 157 Å². The number of hydrogen-bond donors (Lipinski definition) is 1. The summed E-state index contributed by atoms with van der Waals surface area (Å²) in [7, 11) is 0. The van der Waals surface area contributed by atoms with E-state index in [1.165, 1.54) is 12.1 Å². The van der Waals surface area contributed by atoms with Crippen molar-refractivity contribution in [3.05, 3.63) is 52.3 Å². The number of piperidine rings is 1. The van der Waals surface area contributed by atoms with Crippen molar-refractivity contribution in [3.8, 4) is 5.69 Å². The van der Waals surface area contributed by atoms with E-state index in [9.17, 15) is 14.9 Å². The number of nitrogens with two attached hydrogens (primary N) is 1. The maximum Gasteiger partial charge on any atom is 0.274 e. The molecule has 3 rings (SSSR count). The van der Waals surface area contributed by atoms with Gasteiger partial charge in [-0.15, -0.1) is 12.4 Å². The molecule has 1 amide bonds. The molecule has 1 aromatic carbocycles. The van der Waals surface area contributed by atoms with Gasteiger partial charge in [-0.1, -0.05) is 0 Å². The van der Waals surface area contributed by atoms with E-state index >= 15 is 0 Å². The number of halogens is 1. The lowest BCUT2D eigenvalue weighted by Gasteiger charge is -2.37. The molecule has 1 aliphatic rings. The Morgan fingerprint density at radius 2 is 2.00 bits per heavy atom. The molecule has 1 aliphatic heterocycles. The van der Waals surface area contributed by atoms with Crippen LogP contribution in [0, 0.1) is 10.1 Å². The third kappa shape index (κ3) is 4.03. The van der Waals surface area contributed by atoms with Crippen LogP contribution in [0.1, 0.15) is 36.7 Å². The summed E-state index contributed by atoms with van der Waals surface area (Å²) in [5.74, 6) is -0.123. The van der Waals surface area contributed by atoms with Gasteiger partial charge in [0.2, 0.25) is 0 Å². The van der Waals surface area contributed by atoms with Crippen molar-refractivity contribution in [2.75, 3.05) is 6.54 Å². The van der Waals surface area contributed by atoms with Crippen LogP contribution >= 0.6 is 12.4 Å². The van der Waals surface area contributed by atoms with Gasteiger partial charge in [-0.2, -0.15) is 5.10 Å². The van der Waals surface area contributed by atoms with Gasteiger partial charge in [0.1, 0.15) is 0 Å². The van der Waals surface area contributed by atoms with Crippen LogP contribution in [0.4, 0.5) is 5.69 Å². The normalized spacial score (nSPS) is 18.1. The zero-order valence-corrected chi connectivity index (χ0v) is 15.3. The van der Waals surface area contributed by atoms with E-state index in [1.54, 1.807) is 29.1 Å². The van der Waals surface area contributed by atoms with E-state index in [-0.39, 0.29) is 36.1 Å². The Bertz CT molecular complexity index is 775. The molecule has 1 aromatic heterocycles. The molecule has 2 N–H and O–H groups in total. The molecule has 9 heteroatoms. The summed E-state index contributed by atoms with van der Waals surface area (Å²) in [4.78, 5) is 24.9. The van der Waals surface area contributed by atoms with Gasteiger partial charge in [0.15, 0.2) is 5.69 Å².